The van der Waals surface area contributed by atoms with Crippen LogP contribution in [0.1, 0.15) is 138 Å². The zero-order chi connectivity index (χ0) is 92.0. The monoisotopic (exact) mass is 1790 g/mol. The first-order chi connectivity index (χ1) is 60.9. The summed E-state index contributed by atoms with van der Waals surface area (Å²) in [6, 6.07) is 17.7. The number of halogens is 1. The SMILES string of the molecule is CC(=O)N1c2ccc(-c3ccc(C(=O)NCCOCCOCCOCCOCCOCCOCCOCCOCCNC(=O)c4cc(NC(=O)c5nc(NC(=O)CCNC(=O)c6cc(NC(=O)c7nc(NC(=O)CCNC(=O)[C@H](CCCN)NC(=O)[C@H](CCCN)NC(=O)OC(C)(C)C)cn7C)cn6C)cn5C)cn4C)cc3)c(-c3cc(Cl)ccc3N)c2CC[C@@H]1C. The molecule has 1 aliphatic heterocycles. The number of nitrogen functional groups attached to an aromatic ring is 1. The predicted octanol–water partition coefficient (Wildman–Crippen LogP) is 4.94. The van der Waals surface area contributed by atoms with Crippen LogP contribution >= 0.6 is 11.6 Å². The molecule has 40 nitrogen and oxygen atoms in total. The number of anilines is 6. The number of amides is 11. The third kappa shape index (κ3) is 32.9. The van der Waals surface area contributed by atoms with Gasteiger partial charge in [-0.1, -0.05) is 29.8 Å². The van der Waals surface area contributed by atoms with Crippen LogP contribution in [0, 0.1) is 0 Å². The number of rotatable bonds is 54. The third-order valence-corrected chi connectivity index (χ3v) is 19.8. The van der Waals surface area contributed by atoms with Gasteiger partial charge in [0.2, 0.25) is 41.2 Å². The fourth-order valence-corrected chi connectivity index (χ4v) is 13.6. The molecule has 3 aromatic carbocycles. The minimum Gasteiger partial charge on any atom is -0.444 e. The molecule has 127 heavy (non-hydrogen) atoms. The second-order valence-electron chi connectivity index (χ2n) is 30.7. The lowest BCUT2D eigenvalue weighted by molar-refractivity contribution is -0.130. The average molecular weight is 1790 g/mol. The second-order valence-corrected chi connectivity index (χ2v) is 31.2. The largest absolute Gasteiger partial charge is 0.444 e. The molecule has 0 fully saturated rings. The number of nitrogens with one attached hydrogen (secondary N) is 10. The molecule has 0 unspecified atom stereocenters. The molecule has 0 saturated carbocycles. The Morgan fingerprint density at radius 2 is 0.937 bits per heavy atom. The van der Waals surface area contributed by atoms with Crippen molar-refractivity contribution in [3.05, 3.63) is 131 Å². The Kier molecular flexibility index (Phi) is 41.1. The van der Waals surface area contributed by atoms with Crippen LogP contribution in [0.4, 0.5) is 39.2 Å². The maximum Gasteiger partial charge on any atom is 0.408 e. The first kappa shape index (κ1) is 101. The van der Waals surface area contributed by atoms with Crippen LogP contribution in [0.15, 0.2) is 91.5 Å². The number of aromatic nitrogens is 6. The Morgan fingerprint density at radius 3 is 1.39 bits per heavy atom. The summed E-state index contributed by atoms with van der Waals surface area (Å²) in [6.07, 6.45) is 7.43. The first-order valence-corrected chi connectivity index (χ1v) is 42.5. The van der Waals surface area contributed by atoms with Crippen LogP contribution in [0.25, 0.3) is 22.3 Å². The number of hydrogen-bond donors (Lipinski definition) is 13. The van der Waals surface area contributed by atoms with E-state index in [9.17, 15) is 52.7 Å². The lowest BCUT2D eigenvalue weighted by Gasteiger charge is -2.36. The van der Waals surface area contributed by atoms with Crippen molar-refractivity contribution >= 4 is 111 Å². The number of nitrogens with two attached hydrogens (primary N) is 3. The van der Waals surface area contributed by atoms with Gasteiger partial charge in [-0.15, -0.1) is 0 Å². The highest BCUT2D eigenvalue weighted by Gasteiger charge is 2.33. The Labute approximate surface area is 742 Å². The standard InChI is InChI=1S/C86H121ClN20O20/c1-55-14-20-63-68(107(55)56(2)108)23-21-62(75(63)64-48-59(87)19-22-65(64)90)57-15-17-58(18-16-57)78(111)93-30-32-119-34-36-121-38-40-123-42-44-125-46-47-126-45-43-124-41-39-122-37-35-120-33-31-94-82(115)70-50-61(52-104(70)7)96-84(117)77-102-72(54-106(77)9)100-74(110)25-29-92-81(114)69-49-60(51-103(69)6)95-83(116)76-101-71(53-105(76)8)99-73(109)24-28-91-79(112)66(12-10-26-88)97-80(113)67(13-11-27-89)98-85(118)127-86(3,4)5/h15-19,21-23,48-55,66-67H,10-14,20,24-47,88-90H2,1-9H3,(H,91,112)(H,92,114)(H,93,111)(H,94,115)(H,95,116)(H,96,117)(H,97,113)(H,98,118)(H,99,109)(H,100,110)/t55-,66-,67-/m0/s1. The fraction of sp³-hybridized carbons (Fsp3) is 0.500. The zero-order valence-corrected chi connectivity index (χ0v) is 74.3. The maximum atomic E-state index is 13.4. The molecule has 0 radical (unpaired) electrons. The number of aryl methyl sites for hydroxylation is 4. The second kappa shape index (κ2) is 51.8. The van der Waals surface area contributed by atoms with Crippen LogP contribution in [-0.4, -0.2) is 262 Å². The topological polar surface area (TPSA) is 518 Å². The first-order valence-electron chi connectivity index (χ1n) is 42.1. The van der Waals surface area contributed by atoms with E-state index in [1.54, 1.807) is 83.9 Å². The van der Waals surface area contributed by atoms with E-state index in [0.29, 0.717) is 140 Å². The van der Waals surface area contributed by atoms with Crippen LogP contribution in [0.2, 0.25) is 5.02 Å². The Hall–Kier alpha value is -11.7. The molecule has 8 rings (SSSR count). The van der Waals surface area contributed by atoms with Crippen molar-refractivity contribution in [3.8, 4) is 22.3 Å². The molecule has 0 aliphatic carbocycles. The summed E-state index contributed by atoms with van der Waals surface area (Å²) in [7, 11) is 6.33. The van der Waals surface area contributed by atoms with Gasteiger partial charge in [0, 0.05) is 132 Å². The van der Waals surface area contributed by atoms with Gasteiger partial charge in [-0.2, -0.15) is 0 Å². The molecule has 0 saturated heterocycles. The molecule has 16 N–H and O–H groups in total. The average Bonchev–Trinajstić information content (AvgIpc) is 1.63. The summed E-state index contributed by atoms with van der Waals surface area (Å²) in [5.41, 5.74) is 24.6. The van der Waals surface area contributed by atoms with Gasteiger partial charge in [0.25, 0.3) is 29.5 Å². The van der Waals surface area contributed by atoms with E-state index >= 15 is 0 Å². The molecular formula is C86H121ClN20O20. The van der Waals surface area contributed by atoms with Gasteiger partial charge < -0.3 is 136 Å². The van der Waals surface area contributed by atoms with Gasteiger partial charge in [-0.3, -0.25) is 47.9 Å². The van der Waals surface area contributed by atoms with Gasteiger partial charge >= 0.3 is 6.09 Å². The van der Waals surface area contributed by atoms with E-state index < -0.39 is 71.0 Å². The third-order valence-electron chi connectivity index (χ3n) is 19.6. The van der Waals surface area contributed by atoms with Gasteiger partial charge in [0.05, 0.1) is 117 Å². The van der Waals surface area contributed by atoms with Gasteiger partial charge in [-0.25, -0.2) is 14.8 Å². The number of alkyl carbamates (subject to hydrolysis) is 1. The molecule has 7 aromatic rings. The molecule has 3 atom stereocenters. The van der Waals surface area contributed by atoms with E-state index in [0.717, 1.165) is 46.3 Å². The molecule has 0 spiro atoms. The molecule has 1 aliphatic rings. The molecule has 4 aromatic heterocycles. The molecule has 692 valence electrons. The van der Waals surface area contributed by atoms with Crippen molar-refractivity contribution in [1.29, 1.82) is 0 Å². The van der Waals surface area contributed by atoms with Crippen LogP contribution < -0.4 is 75.3 Å². The molecule has 0 bridgehead atoms. The van der Waals surface area contributed by atoms with Crippen molar-refractivity contribution in [3.63, 3.8) is 0 Å². The van der Waals surface area contributed by atoms with E-state index in [4.69, 9.17) is 71.4 Å². The number of nitrogens with zero attached hydrogens (tertiary/aromatic N) is 7. The highest BCUT2D eigenvalue weighted by molar-refractivity contribution is 6.31. The van der Waals surface area contributed by atoms with Crippen molar-refractivity contribution in [2.24, 2.45) is 39.7 Å². The number of hydrogen-bond acceptors (Lipinski definition) is 25. The van der Waals surface area contributed by atoms with Crippen LogP contribution in [-0.2, 0) is 101 Å². The van der Waals surface area contributed by atoms with Crippen molar-refractivity contribution in [2.75, 3.05) is 177 Å². The quantitative estimate of drug-likeness (QED) is 0.0177. The minimum atomic E-state index is -1.04. The van der Waals surface area contributed by atoms with E-state index in [2.05, 4.69) is 70.1 Å². The lowest BCUT2D eigenvalue weighted by atomic mass is 9.84. The van der Waals surface area contributed by atoms with Crippen molar-refractivity contribution < 1.29 is 95.4 Å². The van der Waals surface area contributed by atoms with Crippen LogP contribution in [0.5, 0.6) is 0 Å². The van der Waals surface area contributed by atoms with E-state index in [-0.39, 0.29) is 123 Å². The summed E-state index contributed by atoms with van der Waals surface area (Å²) in [4.78, 5) is 154. The summed E-state index contributed by atoms with van der Waals surface area (Å²) in [5.74, 6) is -4.80. The summed E-state index contributed by atoms with van der Waals surface area (Å²) >= 11 is 6.49. The smallest absolute Gasteiger partial charge is 0.408 e. The number of carbonyl (C=O) groups is 11. The van der Waals surface area contributed by atoms with Gasteiger partial charge in [-0.05, 0) is 150 Å². The van der Waals surface area contributed by atoms with Crippen molar-refractivity contribution in [2.45, 2.75) is 110 Å². The molecule has 41 heteroatoms. The highest BCUT2D eigenvalue weighted by atomic mass is 35.5. The molecule has 5 heterocycles. The van der Waals surface area contributed by atoms with Gasteiger partial charge in [0.15, 0.2) is 11.6 Å². The number of benzene rings is 3. The van der Waals surface area contributed by atoms with Crippen LogP contribution in [0.3, 0.4) is 0 Å². The van der Waals surface area contributed by atoms with Gasteiger partial charge in [0.1, 0.15) is 29.1 Å². The highest BCUT2D eigenvalue weighted by Crippen LogP contribution is 2.46. The lowest BCUT2D eigenvalue weighted by Crippen LogP contribution is -2.54. The van der Waals surface area contributed by atoms with Crippen molar-refractivity contribution in [1.82, 2.24) is 60.1 Å². The molecule has 11 amide bonds. The summed E-state index contributed by atoms with van der Waals surface area (Å²) in [6.45, 7) is 15.2. The maximum absolute atomic E-state index is 13.4. The van der Waals surface area contributed by atoms with E-state index in [1.807, 2.05) is 35.2 Å². The fourth-order valence-electron chi connectivity index (χ4n) is 13.4. The van der Waals surface area contributed by atoms with E-state index in [1.165, 1.54) is 51.5 Å². The predicted molar refractivity (Wildman–Crippen MR) is 476 cm³/mol. The number of imidazole rings is 2. The molecular weight excluding hydrogens is 1670 g/mol. The Morgan fingerprint density at radius 1 is 0.496 bits per heavy atom. The summed E-state index contributed by atoms with van der Waals surface area (Å²) < 4.78 is 55.8. The zero-order valence-electron chi connectivity index (χ0n) is 73.5. The summed E-state index contributed by atoms with van der Waals surface area (Å²) in [5, 5.41) is 27.4. The number of fused-ring (bicyclic) bond motifs is 1. The number of carbonyl (C=O) groups excluding carboxylic acids is 11. The number of ether oxygens (including phenoxy) is 9. The minimum absolute atomic E-state index is 0.0224. The Balaban J connectivity index is 0.591. The normalized spacial score (nSPS) is 12.9. The Bertz CT molecular complexity index is 4830.